The van der Waals surface area contributed by atoms with E-state index in [9.17, 15) is 19.8 Å². The van der Waals surface area contributed by atoms with Crippen LogP contribution in [0.25, 0.3) is 0 Å². The first-order chi connectivity index (χ1) is 15.5. The van der Waals surface area contributed by atoms with Gasteiger partial charge in [0.05, 0.1) is 12.4 Å². The van der Waals surface area contributed by atoms with Gasteiger partial charge in [0.15, 0.2) is 0 Å². The highest BCUT2D eigenvalue weighted by Crippen LogP contribution is 2.10. The van der Waals surface area contributed by atoms with Crippen LogP contribution in [0, 0.1) is 0 Å². The van der Waals surface area contributed by atoms with Gasteiger partial charge in [0, 0.05) is 12.8 Å². The van der Waals surface area contributed by atoms with E-state index in [2.05, 4.69) is 21.1 Å². The first-order valence-electron chi connectivity index (χ1n) is 10.7. The van der Waals surface area contributed by atoms with Crippen molar-refractivity contribution in [3.05, 3.63) is 59.7 Å². The molecule has 170 valence electrons. The van der Waals surface area contributed by atoms with Crippen LogP contribution in [0.5, 0.6) is 11.5 Å². The summed E-state index contributed by atoms with van der Waals surface area (Å²) in [7, 11) is 0. The molecular formula is C24H30N4O4. The molecule has 0 bridgehead atoms. The summed E-state index contributed by atoms with van der Waals surface area (Å²) in [5, 5.41) is 26.5. The Hall–Kier alpha value is -3.68. The van der Waals surface area contributed by atoms with Crippen molar-refractivity contribution in [3.8, 4) is 11.5 Å². The molecule has 0 aliphatic heterocycles. The van der Waals surface area contributed by atoms with Crippen LogP contribution in [0.4, 0.5) is 0 Å². The van der Waals surface area contributed by atoms with Crippen LogP contribution >= 0.6 is 0 Å². The Morgan fingerprint density at radius 2 is 1.09 bits per heavy atom. The Morgan fingerprint density at radius 3 is 1.50 bits per heavy atom. The summed E-state index contributed by atoms with van der Waals surface area (Å²) >= 11 is 0. The number of rotatable bonds is 13. The van der Waals surface area contributed by atoms with Gasteiger partial charge in [-0.2, -0.15) is 10.2 Å². The number of hydrazone groups is 2. The monoisotopic (exact) mass is 438 g/mol. The van der Waals surface area contributed by atoms with Crippen LogP contribution in [0.15, 0.2) is 58.7 Å². The van der Waals surface area contributed by atoms with Crippen molar-refractivity contribution in [2.75, 3.05) is 0 Å². The van der Waals surface area contributed by atoms with Gasteiger partial charge in [-0.05, 0) is 48.2 Å². The fourth-order valence-corrected chi connectivity index (χ4v) is 2.96. The third kappa shape index (κ3) is 10.9. The van der Waals surface area contributed by atoms with Crippen LogP contribution in [0.1, 0.15) is 62.5 Å². The van der Waals surface area contributed by atoms with E-state index in [1.165, 1.54) is 12.4 Å². The van der Waals surface area contributed by atoms with Crippen molar-refractivity contribution in [2.24, 2.45) is 10.2 Å². The lowest BCUT2D eigenvalue weighted by Gasteiger charge is -2.02. The quantitative estimate of drug-likeness (QED) is 0.216. The average Bonchev–Trinajstić information content (AvgIpc) is 2.76. The predicted octanol–water partition coefficient (Wildman–Crippen LogP) is 3.82. The maximum atomic E-state index is 11.8. The molecule has 0 saturated carbocycles. The maximum Gasteiger partial charge on any atom is 0.240 e. The smallest absolute Gasteiger partial charge is 0.240 e. The summed E-state index contributed by atoms with van der Waals surface area (Å²) in [4.78, 5) is 23.5. The first-order valence-corrected chi connectivity index (χ1v) is 10.7. The van der Waals surface area contributed by atoms with Crippen LogP contribution in [-0.4, -0.2) is 34.5 Å². The second-order valence-corrected chi connectivity index (χ2v) is 7.40. The second kappa shape index (κ2) is 14.3. The lowest BCUT2D eigenvalue weighted by molar-refractivity contribution is -0.122. The molecule has 0 saturated heterocycles. The SMILES string of the molecule is O=C(CCCCCCCCC(=O)NN=Cc1cccc(O)c1)NN=Cc1cccc(O)c1. The average molecular weight is 439 g/mol. The molecule has 8 nitrogen and oxygen atoms in total. The van der Waals surface area contributed by atoms with Gasteiger partial charge in [-0.25, -0.2) is 10.9 Å². The third-order valence-electron chi connectivity index (χ3n) is 4.60. The summed E-state index contributed by atoms with van der Waals surface area (Å²) in [6.07, 6.45) is 9.31. The Bertz CT molecular complexity index is 852. The molecule has 2 rings (SSSR count). The minimum atomic E-state index is -0.135. The number of amides is 2. The largest absolute Gasteiger partial charge is 0.508 e. The molecule has 0 aromatic heterocycles. The first kappa shape index (κ1) is 24.6. The number of nitrogens with zero attached hydrogens (tertiary/aromatic N) is 2. The van der Waals surface area contributed by atoms with Gasteiger partial charge in [-0.3, -0.25) is 9.59 Å². The maximum absolute atomic E-state index is 11.8. The van der Waals surface area contributed by atoms with Crippen molar-refractivity contribution < 1.29 is 19.8 Å². The van der Waals surface area contributed by atoms with Gasteiger partial charge in [0.1, 0.15) is 11.5 Å². The minimum absolute atomic E-state index is 0.135. The predicted molar refractivity (Wildman–Crippen MR) is 125 cm³/mol. The van der Waals surface area contributed by atoms with E-state index in [0.29, 0.717) is 24.0 Å². The zero-order chi connectivity index (χ0) is 23.0. The number of benzene rings is 2. The Labute approximate surface area is 188 Å². The number of nitrogens with one attached hydrogen (secondary N) is 2. The third-order valence-corrected chi connectivity index (χ3v) is 4.60. The van der Waals surface area contributed by atoms with Gasteiger partial charge in [-0.1, -0.05) is 49.9 Å². The Morgan fingerprint density at radius 1 is 0.688 bits per heavy atom. The van der Waals surface area contributed by atoms with Crippen molar-refractivity contribution in [2.45, 2.75) is 51.4 Å². The molecule has 0 spiro atoms. The Balaban J connectivity index is 1.44. The summed E-state index contributed by atoms with van der Waals surface area (Å²) in [5.74, 6) is 0.0346. The lowest BCUT2D eigenvalue weighted by atomic mass is 10.1. The number of carbonyl (C=O) groups is 2. The zero-order valence-corrected chi connectivity index (χ0v) is 18.0. The van der Waals surface area contributed by atoms with Crippen LogP contribution in [-0.2, 0) is 9.59 Å². The molecule has 0 heterocycles. The number of unbranched alkanes of at least 4 members (excludes halogenated alkanes) is 5. The second-order valence-electron chi connectivity index (χ2n) is 7.40. The molecule has 4 N–H and O–H groups in total. The van der Waals surface area contributed by atoms with E-state index >= 15 is 0 Å². The summed E-state index contributed by atoms with van der Waals surface area (Å²) in [6.45, 7) is 0. The van der Waals surface area contributed by atoms with Gasteiger partial charge in [0.2, 0.25) is 11.8 Å². The zero-order valence-electron chi connectivity index (χ0n) is 18.0. The van der Waals surface area contributed by atoms with Gasteiger partial charge in [-0.15, -0.1) is 0 Å². The summed E-state index contributed by atoms with van der Waals surface area (Å²) < 4.78 is 0. The standard InChI is InChI=1S/C24H30N4O4/c29-21-11-7-9-19(15-21)17-25-27-23(31)13-5-3-1-2-4-6-14-24(32)28-26-18-20-10-8-12-22(30)16-20/h7-12,15-18,29-30H,1-6,13-14H2,(H,27,31)(H,28,32). The molecule has 0 unspecified atom stereocenters. The van der Waals surface area contributed by atoms with Crippen molar-refractivity contribution >= 4 is 24.2 Å². The molecule has 2 aromatic rings. The van der Waals surface area contributed by atoms with E-state index < -0.39 is 0 Å². The van der Waals surface area contributed by atoms with Crippen LogP contribution in [0.3, 0.4) is 0 Å². The summed E-state index contributed by atoms with van der Waals surface area (Å²) in [5.41, 5.74) is 6.39. The van der Waals surface area contributed by atoms with Gasteiger partial charge in [0.25, 0.3) is 0 Å². The molecule has 2 aromatic carbocycles. The van der Waals surface area contributed by atoms with Crippen molar-refractivity contribution in [1.82, 2.24) is 10.9 Å². The van der Waals surface area contributed by atoms with Crippen molar-refractivity contribution in [3.63, 3.8) is 0 Å². The Kier molecular flexibility index (Phi) is 11.0. The molecule has 0 fully saturated rings. The molecule has 0 aliphatic carbocycles. The molecule has 32 heavy (non-hydrogen) atoms. The highest BCUT2D eigenvalue weighted by atomic mass is 16.3. The van der Waals surface area contributed by atoms with Crippen LogP contribution in [0.2, 0.25) is 0 Å². The van der Waals surface area contributed by atoms with Crippen molar-refractivity contribution in [1.29, 1.82) is 0 Å². The molecular weight excluding hydrogens is 408 g/mol. The topological polar surface area (TPSA) is 123 Å². The van der Waals surface area contributed by atoms with E-state index in [1.54, 1.807) is 48.5 Å². The normalized spacial score (nSPS) is 11.1. The molecule has 0 atom stereocenters. The minimum Gasteiger partial charge on any atom is -0.508 e. The number of hydrogen-bond donors (Lipinski definition) is 4. The van der Waals surface area contributed by atoms with E-state index in [4.69, 9.17) is 0 Å². The number of phenolic OH excluding ortho intramolecular Hbond substituents is 2. The fraction of sp³-hybridized carbons (Fsp3) is 0.333. The molecule has 2 amide bonds. The van der Waals surface area contributed by atoms with Gasteiger partial charge >= 0.3 is 0 Å². The number of phenols is 2. The molecule has 0 radical (unpaired) electrons. The van der Waals surface area contributed by atoms with E-state index in [1.807, 2.05) is 0 Å². The number of carbonyl (C=O) groups excluding carboxylic acids is 2. The van der Waals surface area contributed by atoms with Gasteiger partial charge < -0.3 is 10.2 Å². The lowest BCUT2D eigenvalue weighted by Crippen LogP contribution is -2.17. The fourth-order valence-electron chi connectivity index (χ4n) is 2.96. The van der Waals surface area contributed by atoms with E-state index in [-0.39, 0.29) is 23.3 Å². The molecule has 8 heteroatoms. The van der Waals surface area contributed by atoms with E-state index in [0.717, 1.165) is 38.5 Å². The number of aromatic hydroxyl groups is 2. The summed E-state index contributed by atoms with van der Waals surface area (Å²) in [6, 6.07) is 13.2. The number of hydrogen-bond acceptors (Lipinski definition) is 6. The highest BCUT2D eigenvalue weighted by molar-refractivity contribution is 5.83. The highest BCUT2D eigenvalue weighted by Gasteiger charge is 2.01. The van der Waals surface area contributed by atoms with Crippen LogP contribution < -0.4 is 10.9 Å². The molecule has 0 aliphatic rings.